The number of ether oxygens (including phenoxy) is 2. The summed E-state index contributed by atoms with van der Waals surface area (Å²) in [5, 5.41) is 2.55. The van der Waals surface area contributed by atoms with Gasteiger partial charge in [0, 0.05) is 10.9 Å². The molecule has 0 aliphatic rings. The highest BCUT2D eigenvalue weighted by molar-refractivity contribution is 7.14. The first-order valence-corrected chi connectivity index (χ1v) is 8.55. The number of thiazole rings is 1. The average Bonchev–Trinajstić information content (AvgIpc) is 3.08. The number of anilines is 2. The van der Waals surface area contributed by atoms with Crippen molar-refractivity contribution >= 4 is 28.1 Å². The molecule has 3 aromatic rings. The highest BCUT2D eigenvalue weighted by atomic mass is 32.1. The molecule has 0 fully saturated rings. The molecule has 5 nitrogen and oxygen atoms in total. The van der Waals surface area contributed by atoms with Gasteiger partial charge in [-0.2, -0.15) is 0 Å². The zero-order chi connectivity index (χ0) is 17.8. The molecule has 25 heavy (non-hydrogen) atoms. The zero-order valence-corrected chi connectivity index (χ0v) is 15.0. The number of hydrogen-bond donors (Lipinski definition) is 0. The lowest BCUT2D eigenvalue weighted by Crippen LogP contribution is -2.25. The van der Waals surface area contributed by atoms with Crippen LogP contribution in [0, 0.1) is 6.92 Å². The van der Waals surface area contributed by atoms with Crippen molar-refractivity contribution in [3.63, 3.8) is 0 Å². The van der Waals surface area contributed by atoms with E-state index < -0.39 is 0 Å². The minimum atomic E-state index is -0.179. The molecule has 3 rings (SSSR count). The number of rotatable bonds is 5. The third kappa shape index (κ3) is 3.49. The minimum absolute atomic E-state index is 0.179. The van der Waals surface area contributed by atoms with Crippen molar-refractivity contribution in [2.75, 3.05) is 19.1 Å². The third-order valence-corrected chi connectivity index (χ3v) is 4.59. The van der Waals surface area contributed by atoms with Gasteiger partial charge in [-0.3, -0.25) is 9.69 Å². The Morgan fingerprint density at radius 1 is 1.04 bits per heavy atom. The number of hydrogen-bond acceptors (Lipinski definition) is 5. The SMILES string of the molecule is COc1ccc(C(=O)N(c2ccccc2)c2nc(C)cs2)cc1OC. The zero-order valence-electron chi connectivity index (χ0n) is 14.2. The number of carbonyl (C=O) groups excluding carboxylic acids is 1. The number of para-hydroxylation sites is 1. The Balaban J connectivity index is 2.06. The summed E-state index contributed by atoms with van der Waals surface area (Å²) in [6.07, 6.45) is 0. The normalized spacial score (nSPS) is 10.4. The Hall–Kier alpha value is -2.86. The summed E-state index contributed by atoms with van der Waals surface area (Å²) < 4.78 is 10.6. The molecule has 128 valence electrons. The molecule has 0 spiro atoms. The molecular formula is C19H18N2O3S. The fourth-order valence-corrected chi connectivity index (χ4v) is 3.25. The van der Waals surface area contributed by atoms with E-state index in [4.69, 9.17) is 9.47 Å². The van der Waals surface area contributed by atoms with Gasteiger partial charge in [0.1, 0.15) is 0 Å². The summed E-state index contributed by atoms with van der Waals surface area (Å²) in [5.41, 5.74) is 2.13. The topological polar surface area (TPSA) is 51.7 Å². The van der Waals surface area contributed by atoms with E-state index >= 15 is 0 Å². The van der Waals surface area contributed by atoms with Gasteiger partial charge in [-0.15, -0.1) is 11.3 Å². The number of aromatic nitrogens is 1. The summed E-state index contributed by atoms with van der Waals surface area (Å²) in [5.74, 6) is 0.911. The number of benzene rings is 2. The van der Waals surface area contributed by atoms with E-state index in [-0.39, 0.29) is 5.91 Å². The number of nitrogens with zero attached hydrogens (tertiary/aromatic N) is 2. The highest BCUT2D eigenvalue weighted by Crippen LogP contribution is 2.33. The first-order valence-electron chi connectivity index (χ1n) is 7.67. The highest BCUT2D eigenvalue weighted by Gasteiger charge is 2.23. The number of amides is 1. The molecule has 0 aliphatic carbocycles. The van der Waals surface area contributed by atoms with Crippen LogP contribution in [0.25, 0.3) is 0 Å². The fourth-order valence-electron chi connectivity index (χ4n) is 2.43. The predicted molar refractivity (Wildman–Crippen MR) is 99.3 cm³/mol. The van der Waals surface area contributed by atoms with Gasteiger partial charge in [-0.05, 0) is 37.3 Å². The van der Waals surface area contributed by atoms with Gasteiger partial charge >= 0.3 is 0 Å². The second-order valence-electron chi connectivity index (χ2n) is 5.32. The first-order chi connectivity index (χ1) is 12.1. The Morgan fingerprint density at radius 3 is 2.36 bits per heavy atom. The largest absolute Gasteiger partial charge is 0.493 e. The Bertz CT molecular complexity index is 877. The standard InChI is InChI=1S/C19H18N2O3S/c1-13-12-25-19(20-13)21(15-7-5-4-6-8-15)18(22)14-9-10-16(23-2)17(11-14)24-3/h4-12H,1-3H3. The number of methoxy groups -OCH3 is 2. The quantitative estimate of drug-likeness (QED) is 0.679. The van der Waals surface area contributed by atoms with Crippen molar-refractivity contribution in [3.8, 4) is 11.5 Å². The maximum Gasteiger partial charge on any atom is 0.264 e. The van der Waals surface area contributed by atoms with E-state index in [1.165, 1.54) is 11.3 Å². The molecule has 0 N–H and O–H groups in total. The molecule has 6 heteroatoms. The molecular weight excluding hydrogens is 336 g/mol. The van der Waals surface area contributed by atoms with Gasteiger partial charge < -0.3 is 9.47 Å². The summed E-state index contributed by atoms with van der Waals surface area (Å²) in [4.78, 5) is 19.3. The van der Waals surface area contributed by atoms with E-state index in [2.05, 4.69) is 4.98 Å². The summed E-state index contributed by atoms with van der Waals surface area (Å²) >= 11 is 1.43. The molecule has 0 saturated carbocycles. The molecule has 0 bridgehead atoms. The van der Waals surface area contributed by atoms with Gasteiger partial charge in [0.15, 0.2) is 16.6 Å². The second-order valence-corrected chi connectivity index (χ2v) is 6.15. The van der Waals surface area contributed by atoms with Gasteiger partial charge in [-0.25, -0.2) is 4.98 Å². The van der Waals surface area contributed by atoms with Crippen molar-refractivity contribution in [1.82, 2.24) is 4.98 Å². The van der Waals surface area contributed by atoms with Crippen LogP contribution < -0.4 is 14.4 Å². The molecule has 0 aliphatic heterocycles. The van der Waals surface area contributed by atoms with E-state index in [1.807, 2.05) is 42.6 Å². The maximum atomic E-state index is 13.2. The summed E-state index contributed by atoms with van der Waals surface area (Å²) in [6, 6.07) is 14.6. The van der Waals surface area contributed by atoms with Crippen LogP contribution in [-0.2, 0) is 0 Å². The smallest absolute Gasteiger partial charge is 0.264 e. The van der Waals surface area contributed by atoms with Crippen molar-refractivity contribution in [3.05, 3.63) is 65.2 Å². The van der Waals surface area contributed by atoms with E-state index in [1.54, 1.807) is 37.3 Å². The molecule has 0 radical (unpaired) electrons. The van der Waals surface area contributed by atoms with Crippen molar-refractivity contribution < 1.29 is 14.3 Å². The predicted octanol–water partition coefficient (Wildman–Crippen LogP) is 4.45. The second kappa shape index (κ2) is 7.36. The first kappa shape index (κ1) is 17.0. The van der Waals surface area contributed by atoms with E-state index in [0.29, 0.717) is 22.2 Å². The number of carbonyl (C=O) groups is 1. The molecule has 0 saturated heterocycles. The summed E-state index contributed by atoms with van der Waals surface area (Å²) in [6.45, 7) is 1.91. The van der Waals surface area contributed by atoms with Crippen LogP contribution in [0.4, 0.5) is 10.8 Å². The molecule has 1 aromatic heterocycles. The van der Waals surface area contributed by atoms with Gasteiger partial charge in [0.25, 0.3) is 5.91 Å². The fraction of sp³-hybridized carbons (Fsp3) is 0.158. The van der Waals surface area contributed by atoms with Crippen LogP contribution in [0.5, 0.6) is 11.5 Å². The van der Waals surface area contributed by atoms with Gasteiger partial charge in [0.05, 0.1) is 25.6 Å². The summed E-state index contributed by atoms with van der Waals surface area (Å²) in [7, 11) is 3.11. The molecule has 0 atom stereocenters. The van der Waals surface area contributed by atoms with Crippen LogP contribution in [0.1, 0.15) is 16.1 Å². The monoisotopic (exact) mass is 354 g/mol. The Labute approximate surface area is 150 Å². The van der Waals surface area contributed by atoms with Crippen molar-refractivity contribution in [2.45, 2.75) is 6.92 Å². The molecule has 0 unspecified atom stereocenters. The van der Waals surface area contributed by atoms with Crippen LogP contribution >= 0.6 is 11.3 Å². The van der Waals surface area contributed by atoms with Crippen molar-refractivity contribution in [2.24, 2.45) is 0 Å². The maximum absolute atomic E-state index is 13.2. The number of aryl methyl sites for hydroxylation is 1. The lowest BCUT2D eigenvalue weighted by Gasteiger charge is -2.20. The average molecular weight is 354 g/mol. The van der Waals surface area contributed by atoms with E-state index in [9.17, 15) is 4.79 Å². The lowest BCUT2D eigenvalue weighted by molar-refractivity contribution is 0.0999. The van der Waals surface area contributed by atoms with Gasteiger partial charge in [-0.1, -0.05) is 18.2 Å². The van der Waals surface area contributed by atoms with Crippen LogP contribution in [0.15, 0.2) is 53.9 Å². The molecule has 2 aromatic carbocycles. The van der Waals surface area contributed by atoms with Crippen LogP contribution in [0.2, 0.25) is 0 Å². The third-order valence-electron chi connectivity index (χ3n) is 3.65. The lowest BCUT2D eigenvalue weighted by atomic mass is 10.1. The Kier molecular flexibility index (Phi) is 5.00. The Morgan fingerprint density at radius 2 is 1.76 bits per heavy atom. The van der Waals surface area contributed by atoms with Crippen molar-refractivity contribution in [1.29, 1.82) is 0 Å². The van der Waals surface area contributed by atoms with Crippen LogP contribution in [-0.4, -0.2) is 25.1 Å². The van der Waals surface area contributed by atoms with E-state index in [0.717, 1.165) is 11.4 Å². The molecule has 1 heterocycles. The minimum Gasteiger partial charge on any atom is -0.493 e. The van der Waals surface area contributed by atoms with Gasteiger partial charge in [0.2, 0.25) is 0 Å². The van der Waals surface area contributed by atoms with Crippen LogP contribution in [0.3, 0.4) is 0 Å². The molecule has 1 amide bonds.